The fraction of sp³-hybridized carbons (Fsp3) is 0.611. The molecule has 3 N–H and O–H groups in total. The molecule has 1 fully saturated rings. The number of guanidine groups is 1. The summed E-state index contributed by atoms with van der Waals surface area (Å²) < 4.78 is 5.37. The van der Waals surface area contributed by atoms with E-state index < -0.39 is 0 Å². The predicted molar refractivity (Wildman–Crippen MR) is 101 cm³/mol. The maximum atomic E-state index is 5.37. The van der Waals surface area contributed by atoms with Gasteiger partial charge < -0.3 is 20.7 Å². The quantitative estimate of drug-likeness (QED) is 0.362. The van der Waals surface area contributed by atoms with Crippen LogP contribution in [0.2, 0.25) is 0 Å². The molecule has 1 aromatic carbocycles. The number of aliphatic imine (C=N–C) groups is 1. The molecule has 2 rings (SSSR count). The molecule has 1 aliphatic rings. The molecule has 0 amide bonds. The summed E-state index contributed by atoms with van der Waals surface area (Å²) in [7, 11) is 0. The zero-order valence-electron chi connectivity index (χ0n) is 14.8. The van der Waals surface area contributed by atoms with Gasteiger partial charge in [0.25, 0.3) is 0 Å². The molecule has 1 heterocycles. The van der Waals surface area contributed by atoms with Crippen LogP contribution >= 0.6 is 0 Å². The molecule has 0 atom stereocenters. The van der Waals surface area contributed by atoms with Crippen LogP contribution in [0.25, 0.3) is 0 Å². The van der Waals surface area contributed by atoms with Crippen LogP contribution in [-0.4, -0.2) is 69.9 Å². The Kier molecular flexibility index (Phi) is 9.04. The number of morpholine rings is 1. The summed E-state index contributed by atoms with van der Waals surface area (Å²) in [4.78, 5) is 7.06. The van der Waals surface area contributed by atoms with E-state index in [4.69, 9.17) is 4.74 Å². The molecule has 0 saturated carbocycles. The van der Waals surface area contributed by atoms with Crippen molar-refractivity contribution in [2.45, 2.75) is 13.3 Å². The molecule has 1 saturated heterocycles. The van der Waals surface area contributed by atoms with Gasteiger partial charge in [0.1, 0.15) is 0 Å². The third kappa shape index (κ3) is 7.66. The van der Waals surface area contributed by atoms with Crippen molar-refractivity contribution < 1.29 is 4.74 Å². The van der Waals surface area contributed by atoms with Gasteiger partial charge in [-0.2, -0.15) is 0 Å². The monoisotopic (exact) mass is 333 g/mol. The first kappa shape index (κ1) is 18.5. The normalized spacial score (nSPS) is 16.0. The maximum Gasteiger partial charge on any atom is 0.191 e. The summed E-state index contributed by atoms with van der Waals surface area (Å²) in [6.07, 6.45) is 1.01. The molecule has 0 radical (unpaired) electrons. The van der Waals surface area contributed by atoms with Crippen molar-refractivity contribution in [3.63, 3.8) is 0 Å². The summed E-state index contributed by atoms with van der Waals surface area (Å²) in [6, 6.07) is 10.3. The van der Waals surface area contributed by atoms with E-state index in [9.17, 15) is 0 Å². The van der Waals surface area contributed by atoms with Gasteiger partial charge in [0.2, 0.25) is 0 Å². The van der Waals surface area contributed by atoms with Gasteiger partial charge in [-0.1, -0.05) is 18.2 Å². The van der Waals surface area contributed by atoms with Crippen LogP contribution in [0.3, 0.4) is 0 Å². The maximum absolute atomic E-state index is 5.37. The Morgan fingerprint density at radius 3 is 2.67 bits per heavy atom. The highest BCUT2D eigenvalue weighted by Crippen LogP contribution is 2.04. The van der Waals surface area contributed by atoms with Crippen molar-refractivity contribution in [1.29, 1.82) is 0 Å². The van der Waals surface area contributed by atoms with E-state index in [0.717, 1.165) is 77.1 Å². The minimum Gasteiger partial charge on any atom is -0.385 e. The van der Waals surface area contributed by atoms with Gasteiger partial charge >= 0.3 is 0 Å². The SMILES string of the molecule is CCNC(=NCCCNc1ccccc1)NCCN1CCOCC1. The van der Waals surface area contributed by atoms with Crippen LogP contribution in [0.4, 0.5) is 5.69 Å². The van der Waals surface area contributed by atoms with Crippen LogP contribution < -0.4 is 16.0 Å². The van der Waals surface area contributed by atoms with Crippen molar-refractivity contribution in [1.82, 2.24) is 15.5 Å². The molecular weight excluding hydrogens is 302 g/mol. The van der Waals surface area contributed by atoms with Crippen molar-refractivity contribution in [2.24, 2.45) is 4.99 Å². The van der Waals surface area contributed by atoms with Gasteiger partial charge in [-0.15, -0.1) is 0 Å². The lowest BCUT2D eigenvalue weighted by molar-refractivity contribution is 0.0389. The van der Waals surface area contributed by atoms with Crippen LogP contribution in [0.15, 0.2) is 35.3 Å². The van der Waals surface area contributed by atoms with Gasteiger partial charge in [-0.3, -0.25) is 9.89 Å². The van der Waals surface area contributed by atoms with Gasteiger partial charge in [0, 0.05) is 51.5 Å². The molecule has 24 heavy (non-hydrogen) atoms. The van der Waals surface area contributed by atoms with Gasteiger partial charge in [0.15, 0.2) is 5.96 Å². The molecular formula is C18H31N5O. The number of nitrogens with one attached hydrogen (secondary N) is 3. The predicted octanol–water partition coefficient (Wildman–Crippen LogP) is 1.38. The molecule has 1 aliphatic heterocycles. The zero-order valence-corrected chi connectivity index (χ0v) is 14.8. The molecule has 0 spiro atoms. The molecule has 0 unspecified atom stereocenters. The second kappa shape index (κ2) is 11.7. The summed E-state index contributed by atoms with van der Waals surface area (Å²) in [6.45, 7) is 10.4. The Labute approximate surface area is 145 Å². The third-order valence-corrected chi connectivity index (χ3v) is 3.88. The second-order valence-electron chi connectivity index (χ2n) is 5.79. The van der Waals surface area contributed by atoms with Gasteiger partial charge in [-0.05, 0) is 25.5 Å². The van der Waals surface area contributed by atoms with E-state index in [1.807, 2.05) is 18.2 Å². The molecule has 0 aliphatic carbocycles. The van der Waals surface area contributed by atoms with E-state index in [0.29, 0.717) is 0 Å². The first-order chi connectivity index (χ1) is 11.9. The summed E-state index contributed by atoms with van der Waals surface area (Å²) >= 11 is 0. The lowest BCUT2D eigenvalue weighted by atomic mass is 10.3. The average molecular weight is 333 g/mol. The average Bonchev–Trinajstić information content (AvgIpc) is 2.63. The largest absolute Gasteiger partial charge is 0.385 e. The topological polar surface area (TPSA) is 60.9 Å². The number of nitrogens with zero attached hydrogens (tertiary/aromatic N) is 2. The third-order valence-electron chi connectivity index (χ3n) is 3.88. The lowest BCUT2D eigenvalue weighted by Gasteiger charge is -2.26. The van der Waals surface area contributed by atoms with Crippen LogP contribution in [0, 0.1) is 0 Å². The molecule has 6 nitrogen and oxygen atoms in total. The van der Waals surface area contributed by atoms with E-state index >= 15 is 0 Å². The molecule has 1 aromatic rings. The van der Waals surface area contributed by atoms with Crippen LogP contribution in [0.1, 0.15) is 13.3 Å². The molecule has 0 bridgehead atoms. The summed E-state index contributed by atoms with van der Waals surface area (Å²) in [5.41, 5.74) is 1.16. The molecule has 134 valence electrons. The Balaban J connectivity index is 1.60. The fourth-order valence-electron chi connectivity index (χ4n) is 2.56. The Hall–Kier alpha value is -1.79. The first-order valence-electron chi connectivity index (χ1n) is 8.99. The lowest BCUT2D eigenvalue weighted by Crippen LogP contribution is -2.44. The Morgan fingerprint density at radius 2 is 1.92 bits per heavy atom. The van der Waals surface area contributed by atoms with Crippen molar-refractivity contribution in [3.05, 3.63) is 30.3 Å². The van der Waals surface area contributed by atoms with E-state index in [2.05, 4.69) is 44.9 Å². The van der Waals surface area contributed by atoms with Gasteiger partial charge in [0.05, 0.1) is 13.2 Å². The smallest absolute Gasteiger partial charge is 0.191 e. The minimum atomic E-state index is 0.812. The Bertz CT molecular complexity index is 460. The van der Waals surface area contributed by atoms with Crippen molar-refractivity contribution in [2.75, 3.05) is 64.3 Å². The van der Waals surface area contributed by atoms with E-state index in [-0.39, 0.29) is 0 Å². The standard InChI is InChI=1S/C18H31N5O/c1-2-19-18(22-11-12-23-13-15-24-16-14-23)21-10-6-9-20-17-7-4-3-5-8-17/h3-5,7-8,20H,2,6,9-16H2,1H3,(H2,19,21,22). The number of para-hydroxylation sites is 1. The summed E-state index contributed by atoms with van der Waals surface area (Å²) in [5, 5.41) is 10.1. The first-order valence-corrected chi connectivity index (χ1v) is 8.99. The van der Waals surface area contributed by atoms with Crippen molar-refractivity contribution in [3.8, 4) is 0 Å². The minimum absolute atomic E-state index is 0.812. The van der Waals surface area contributed by atoms with E-state index in [1.165, 1.54) is 0 Å². The number of hydrogen-bond donors (Lipinski definition) is 3. The van der Waals surface area contributed by atoms with Gasteiger partial charge in [-0.25, -0.2) is 0 Å². The van der Waals surface area contributed by atoms with Crippen LogP contribution in [-0.2, 0) is 4.74 Å². The highest BCUT2D eigenvalue weighted by Gasteiger charge is 2.09. The summed E-state index contributed by atoms with van der Waals surface area (Å²) in [5.74, 6) is 0.908. The number of benzene rings is 1. The number of hydrogen-bond acceptors (Lipinski definition) is 4. The van der Waals surface area contributed by atoms with E-state index in [1.54, 1.807) is 0 Å². The molecule has 6 heteroatoms. The highest BCUT2D eigenvalue weighted by molar-refractivity contribution is 5.79. The number of ether oxygens (including phenoxy) is 1. The highest BCUT2D eigenvalue weighted by atomic mass is 16.5. The van der Waals surface area contributed by atoms with Crippen molar-refractivity contribution >= 4 is 11.6 Å². The van der Waals surface area contributed by atoms with Crippen LogP contribution in [0.5, 0.6) is 0 Å². The Morgan fingerprint density at radius 1 is 1.12 bits per heavy atom. The fourth-order valence-corrected chi connectivity index (χ4v) is 2.56. The zero-order chi connectivity index (χ0) is 16.9. The second-order valence-corrected chi connectivity index (χ2v) is 5.79. The number of anilines is 1. The number of rotatable bonds is 9. The molecule has 0 aromatic heterocycles.